The van der Waals surface area contributed by atoms with Crippen molar-refractivity contribution in [2.75, 3.05) is 6.54 Å². The number of hydrogen-bond donors (Lipinski definition) is 4. The maximum atomic E-state index is 11.8. The minimum Gasteiger partial charge on any atom is -0.481 e. The summed E-state index contributed by atoms with van der Waals surface area (Å²) in [4.78, 5) is 33.4. The third-order valence-electron chi connectivity index (χ3n) is 3.12. The highest BCUT2D eigenvalue weighted by Crippen LogP contribution is 2.07. The summed E-state index contributed by atoms with van der Waals surface area (Å²) in [5, 5.41) is 16.9. The number of nitrogens with one attached hydrogen (secondary N) is 3. The highest BCUT2D eigenvalue weighted by Gasteiger charge is 2.23. The molecule has 2 atom stereocenters. The maximum absolute atomic E-state index is 11.8. The van der Waals surface area contributed by atoms with Gasteiger partial charge in [0.1, 0.15) is 0 Å². The Kier molecular flexibility index (Phi) is 5.59. The molecule has 4 N–H and O–H groups in total. The molecule has 0 aromatic carbocycles. The molecule has 19 heavy (non-hydrogen) atoms. The van der Waals surface area contributed by atoms with Crippen LogP contribution in [0.15, 0.2) is 0 Å². The van der Waals surface area contributed by atoms with Crippen LogP contribution in [-0.2, 0) is 9.59 Å². The fourth-order valence-corrected chi connectivity index (χ4v) is 1.89. The van der Waals surface area contributed by atoms with E-state index < -0.39 is 12.0 Å². The Labute approximate surface area is 112 Å². The van der Waals surface area contributed by atoms with E-state index in [1.165, 1.54) is 0 Å². The summed E-state index contributed by atoms with van der Waals surface area (Å²) in [5.74, 6) is -0.916. The van der Waals surface area contributed by atoms with E-state index in [0.29, 0.717) is 19.4 Å². The number of carbonyl (C=O) groups excluding carboxylic acids is 2. The van der Waals surface area contributed by atoms with E-state index in [9.17, 15) is 14.4 Å². The monoisotopic (exact) mass is 271 g/mol. The highest BCUT2D eigenvalue weighted by atomic mass is 16.4. The van der Waals surface area contributed by atoms with Gasteiger partial charge in [0.05, 0.1) is 6.42 Å². The number of piperidine rings is 1. The van der Waals surface area contributed by atoms with E-state index in [4.69, 9.17) is 5.11 Å². The Morgan fingerprint density at radius 3 is 2.63 bits per heavy atom. The summed E-state index contributed by atoms with van der Waals surface area (Å²) in [6, 6.07) is -0.896. The van der Waals surface area contributed by atoms with Crippen LogP contribution in [0.5, 0.6) is 0 Å². The summed E-state index contributed by atoms with van der Waals surface area (Å²) in [5.41, 5.74) is 0. The van der Waals surface area contributed by atoms with Crippen LogP contribution < -0.4 is 16.0 Å². The van der Waals surface area contributed by atoms with E-state index in [1.807, 2.05) is 13.8 Å². The van der Waals surface area contributed by atoms with E-state index >= 15 is 0 Å². The predicted molar refractivity (Wildman–Crippen MR) is 68.6 cm³/mol. The third-order valence-corrected chi connectivity index (χ3v) is 3.12. The first-order chi connectivity index (χ1) is 8.88. The first-order valence-corrected chi connectivity index (χ1v) is 6.44. The van der Waals surface area contributed by atoms with Gasteiger partial charge in [-0.15, -0.1) is 0 Å². The zero-order chi connectivity index (χ0) is 14.4. The Morgan fingerprint density at radius 1 is 1.47 bits per heavy atom. The van der Waals surface area contributed by atoms with Crippen molar-refractivity contribution < 1.29 is 19.5 Å². The van der Waals surface area contributed by atoms with Gasteiger partial charge in [-0.2, -0.15) is 0 Å². The van der Waals surface area contributed by atoms with Crippen LogP contribution in [0.3, 0.4) is 0 Å². The number of carboxylic acid groups (broad SMARTS) is 1. The summed E-state index contributed by atoms with van der Waals surface area (Å²) in [6.07, 6.45) is 0.894. The van der Waals surface area contributed by atoms with E-state index in [0.717, 1.165) is 0 Å². The van der Waals surface area contributed by atoms with Crippen LogP contribution in [-0.4, -0.2) is 41.6 Å². The lowest BCUT2D eigenvalue weighted by atomic mass is 10.0. The number of hydrogen-bond acceptors (Lipinski definition) is 3. The number of urea groups is 1. The first-order valence-electron chi connectivity index (χ1n) is 6.44. The van der Waals surface area contributed by atoms with Gasteiger partial charge in [0.2, 0.25) is 5.91 Å². The quantitative estimate of drug-likeness (QED) is 0.567. The first kappa shape index (κ1) is 15.3. The van der Waals surface area contributed by atoms with E-state index in [2.05, 4.69) is 16.0 Å². The topological polar surface area (TPSA) is 108 Å². The lowest BCUT2D eigenvalue weighted by Crippen LogP contribution is -2.53. The van der Waals surface area contributed by atoms with Crippen LogP contribution in [0.1, 0.15) is 33.1 Å². The standard InChI is InChI=1S/C12H21N3O4/c1-7(2)9(5-11(17)18)15-12(19)14-8-3-4-10(16)13-6-8/h7-9H,3-6H2,1-2H3,(H,13,16)(H,17,18)(H2,14,15,19). The van der Waals surface area contributed by atoms with Crippen molar-refractivity contribution in [1.82, 2.24) is 16.0 Å². The number of carboxylic acids is 1. The molecular formula is C12H21N3O4. The largest absolute Gasteiger partial charge is 0.481 e. The zero-order valence-electron chi connectivity index (χ0n) is 11.2. The van der Waals surface area contributed by atoms with E-state index in [1.54, 1.807) is 0 Å². The fourth-order valence-electron chi connectivity index (χ4n) is 1.89. The van der Waals surface area contributed by atoms with Crippen molar-refractivity contribution in [3.8, 4) is 0 Å². The summed E-state index contributed by atoms with van der Waals surface area (Å²) >= 11 is 0. The van der Waals surface area contributed by atoms with Gasteiger partial charge in [-0.1, -0.05) is 13.8 Å². The molecule has 0 aliphatic carbocycles. The Hall–Kier alpha value is -1.79. The van der Waals surface area contributed by atoms with Gasteiger partial charge in [-0.25, -0.2) is 4.79 Å². The molecule has 0 aromatic heterocycles. The summed E-state index contributed by atoms with van der Waals surface area (Å²) in [6.45, 7) is 4.13. The van der Waals surface area contributed by atoms with Crippen LogP contribution in [0.2, 0.25) is 0 Å². The molecule has 1 aliphatic rings. The minimum atomic E-state index is -0.941. The van der Waals surface area contributed by atoms with Gasteiger partial charge < -0.3 is 21.1 Å². The second kappa shape index (κ2) is 6.96. The fraction of sp³-hybridized carbons (Fsp3) is 0.750. The molecule has 1 aliphatic heterocycles. The van der Waals surface area contributed by atoms with Crippen molar-refractivity contribution in [3.05, 3.63) is 0 Å². The number of rotatable bonds is 5. The second-order valence-corrected chi connectivity index (χ2v) is 5.11. The van der Waals surface area contributed by atoms with Crippen LogP contribution >= 0.6 is 0 Å². The van der Waals surface area contributed by atoms with Gasteiger partial charge in [0.15, 0.2) is 0 Å². The van der Waals surface area contributed by atoms with Crippen LogP contribution in [0.4, 0.5) is 4.79 Å². The summed E-state index contributed by atoms with van der Waals surface area (Å²) < 4.78 is 0. The molecule has 1 fully saturated rings. The molecule has 2 unspecified atom stereocenters. The average molecular weight is 271 g/mol. The van der Waals surface area contributed by atoms with Gasteiger partial charge >= 0.3 is 12.0 Å². The second-order valence-electron chi connectivity index (χ2n) is 5.11. The molecule has 0 saturated carbocycles. The number of aliphatic carboxylic acids is 1. The molecule has 7 heteroatoms. The summed E-state index contributed by atoms with van der Waals surface area (Å²) in [7, 11) is 0. The molecule has 7 nitrogen and oxygen atoms in total. The molecule has 0 spiro atoms. The minimum absolute atomic E-state index is 0.00982. The molecule has 0 radical (unpaired) electrons. The highest BCUT2D eigenvalue weighted by molar-refractivity contribution is 5.78. The van der Waals surface area contributed by atoms with E-state index in [-0.39, 0.29) is 30.3 Å². The maximum Gasteiger partial charge on any atom is 0.315 e. The van der Waals surface area contributed by atoms with Crippen molar-refractivity contribution >= 4 is 17.9 Å². The smallest absolute Gasteiger partial charge is 0.315 e. The van der Waals surface area contributed by atoms with Gasteiger partial charge in [0.25, 0.3) is 0 Å². The van der Waals surface area contributed by atoms with Gasteiger partial charge in [0, 0.05) is 25.0 Å². The van der Waals surface area contributed by atoms with Crippen molar-refractivity contribution in [2.24, 2.45) is 5.92 Å². The SMILES string of the molecule is CC(C)C(CC(=O)O)NC(=O)NC1CCC(=O)NC1. The van der Waals surface area contributed by atoms with Gasteiger partial charge in [-0.3, -0.25) is 9.59 Å². The molecular weight excluding hydrogens is 250 g/mol. The molecule has 3 amide bonds. The third kappa shape index (κ3) is 5.58. The molecule has 108 valence electrons. The number of carbonyl (C=O) groups is 3. The lowest BCUT2D eigenvalue weighted by molar-refractivity contribution is -0.137. The van der Waals surface area contributed by atoms with Crippen molar-refractivity contribution in [3.63, 3.8) is 0 Å². The lowest BCUT2D eigenvalue weighted by Gasteiger charge is -2.26. The number of amides is 3. The normalized spacial score (nSPS) is 20.6. The van der Waals surface area contributed by atoms with Crippen LogP contribution in [0, 0.1) is 5.92 Å². The molecule has 0 bridgehead atoms. The molecule has 0 aromatic rings. The molecule has 1 rings (SSSR count). The Morgan fingerprint density at radius 2 is 2.16 bits per heavy atom. The Balaban J connectivity index is 2.39. The molecule has 1 heterocycles. The Bertz CT molecular complexity index is 347. The van der Waals surface area contributed by atoms with Crippen LogP contribution in [0.25, 0.3) is 0 Å². The predicted octanol–water partition coefficient (Wildman–Crippen LogP) is 0.0635. The molecule has 1 saturated heterocycles. The van der Waals surface area contributed by atoms with Crippen molar-refractivity contribution in [2.45, 2.75) is 45.2 Å². The average Bonchev–Trinajstić information content (AvgIpc) is 2.30. The zero-order valence-corrected chi connectivity index (χ0v) is 11.2. The van der Waals surface area contributed by atoms with Crippen molar-refractivity contribution in [1.29, 1.82) is 0 Å². The van der Waals surface area contributed by atoms with Gasteiger partial charge in [-0.05, 0) is 12.3 Å².